The largest absolute Gasteiger partial charge is 0.507 e. The number of aromatic carboxylic acids is 1. The molecule has 0 aliphatic carbocycles. The van der Waals surface area contributed by atoms with Gasteiger partial charge < -0.3 is 24.5 Å². The number of benzene rings is 2. The normalized spacial score (nSPS) is 10.4. The number of rotatable bonds is 10. The van der Waals surface area contributed by atoms with Crippen molar-refractivity contribution in [1.82, 2.24) is 0 Å². The summed E-state index contributed by atoms with van der Waals surface area (Å²) in [5.41, 5.74) is 1.37. The third-order valence-corrected chi connectivity index (χ3v) is 4.49. The molecule has 0 bridgehead atoms. The molecule has 0 unspecified atom stereocenters. The van der Waals surface area contributed by atoms with Gasteiger partial charge in [-0.05, 0) is 51.0 Å². The van der Waals surface area contributed by atoms with Gasteiger partial charge >= 0.3 is 5.97 Å². The predicted octanol–water partition coefficient (Wildman–Crippen LogP) is 3.79. The fraction of sp³-hybridized carbons (Fsp3) is 0.318. The van der Waals surface area contributed by atoms with E-state index >= 15 is 0 Å². The minimum absolute atomic E-state index is 0.0398. The Kier molecular flexibility index (Phi) is 7.36. The van der Waals surface area contributed by atoms with Crippen LogP contribution in [0.3, 0.4) is 0 Å². The number of ketones is 2. The molecule has 0 saturated carbocycles. The van der Waals surface area contributed by atoms with Crippen molar-refractivity contribution in [2.75, 3.05) is 7.11 Å². The van der Waals surface area contributed by atoms with Crippen LogP contribution < -0.4 is 9.47 Å². The maximum Gasteiger partial charge on any atom is 0.335 e. The van der Waals surface area contributed by atoms with Gasteiger partial charge in [0.05, 0.1) is 18.2 Å². The van der Waals surface area contributed by atoms with Gasteiger partial charge in [0.1, 0.15) is 29.6 Å². The first kappa shape index (κ1) is 21.9. The summed E-state index contributed by atoms with van der Waals surface area (Å²) in [7, 11) is 1.44. The summed E-state index contributed by atoms with van der Waals surface area (Å²) in [5.74, 6) is -0.682. The van der Waals surface area contributed by atoms with E-state index in [0.29, 0.717) is 41.9 Å². The maximum atomic E-state index is 11.7. The van der Waals surface area contributed by atoms with Crippen molar-refractivity contribution in [3.8, 4) is 17.2 Å². The average molecular weight is 400 g/mol. The van der Waals surface area contributed by atoms with Gasteiger partial charge in [-0.1, -0.05) is 6.07 Å². The van der Waals surface area contributed by atoms with E-state index in [9.17, 15) is 19.5 Å². The number of carbonyl (C=O) groups excluding carboxylic acids is 2. The SMILES string of the molecule is COc1cc(C(=O)O)ccc1COc1ccc(C(C)=O)c(O)c1CCCC(C)=O. The van der Waals surface area contributed by atoms with Crippen LogP contribution in [0.25, 0.3) is 0 Å². The zero-order chi connectivity index (χ0) is 21.6. The molecule has 0 radical (unpaired) electrons. The van der Waals surface area contributed by atoms with Crippen LogP contribution in [0.2, 0.25) is 0 Å². The van der Waals surface area contributed by atoms with Gasteiger partial charge in [-0.15, -0.1) is 0 Å². The van der Waals surface area contributed by atoms with Crippen molar-refractivity contribution in [3.63, 3.8) is 0 Å². The molecule has 29 heavy (non-hydrogen) atoms. The molecule has 7 nitrogen and oxygen atoms in total. The highest BCUT2D eigenvalue weighted by Gasteiger charge is 2.17. The quantitative estimate of drug-likeness (QED) is 0.584. The highest BCUT2D eigenvalue weighted by molar-refractivity contribution is 5.97. The van der Waals surface area contributed by atoms with E-state index in [-0.39, 0.29) is 35.0 Å². The van der Waals surface area contributed by atoms with E-state index in [0.717, 1.165) is 0 Å². The van der Waals surface area contributed by atoms with Crippen LogP contribution in [0.5, 0.6) is 17.2 Å². The third kappa shape index (κ3) is 5.57. The van der Waals surface area contributed by atoms with Crippen LogP contribution in [0, 0.1) is 0 Å². The lowest BCUT2D eigenvalue weighted by Crippen LogP contribution is -2.05. The molecule has 2 N–H and O–H groups in total. The van der Waals surface area contributed by atoms with Crippen molar-refractivity contribution >= 4 is 17.5 Å². The predicted molar refractivity (Wildman–Crippen MR) is 106 cm³/mol. The minimum atomic E-state index is -1.06. The number of ether oxygens (including phenoxy) is 2. The fourth-order valence-corrected chi connectivity index (χ4v) is 2.95. The maximum absolute atomic E-state index is 11.7. The van der Waals surface area contributed by atoms with Crippen molar-refractivity contribution in [2.45, 2.75) is 39.7 Å². The Morgan fingerprint density at radius 2 is 1.76 bits per heavy atom. The molecular weight excluding hydrogens is 376 g/mol. The third-order valence-electron chi connectivity index (χ3n) is 4.49. The van der Waals surface area contributed by atoms with E-state index in [2.05, 4.69) is 0 Å². The summed E-state index contributed by atoms with van der Waals surface area (Å²) in [5, 5.41) is 19.6. The summed E-state index contributed by atoms with van der Waals surface area (Å²) < 4.78 is 11.1. The van der Waals surface area contributed by atoms with Gasteiger partial charge in [0.2, 0.25) is 0 Å². The summed E-state index contributed by atoms with van der Waals surface area (Å²) in [6.45, 7) is 2.93. The number of hydrogen-bond donors (Lipinski definition) is 2. The van der Waals surface area contributed by atoms with E-state index < -0.39 is 5.97 Å². The highest BCUT2D eigenvalue weighted by Crippen LogP contribution is 2.34. The molecule has 0 aliphatic rings. The first-order valence-corrected chi connectivity index (χ1v) is 9.12. The van der Waals surface area contributed by atoms with Gasteiger partial charge in [-0.25, -0.2) is 4.79 Å². The second-order valence-corrected chi connectivity index (χ2v) is 6.67. The van der Waals surface area contributed by atoms with E-state index in [4.69, 9.17) is 14.6 Å². The Hall–Kier alpha value is -3.35. The first-order valence-electron chi connectivity index (χ1n) is 9.12. The van der Waals surface area contributed by atoms with Crippen LogP contribution in [-0.4, -0.2) is 34.9 Å². The number of phenols is 1. The number of hydrogen-bond acceptors (Lipinski definition) is 6. The van der Waals surface area contributed by atoms with Gasteiger partial charge in [-0.3, -0.25) is 4.79 Å². The number of phenolic OH excluding ortho intramolecular Hbond substituents is 1. The van der Waals surface area contributed by atoms with E-state index in [1.807, 2.05) is 0 Å². The summed E-state index contributed by atoms with van der Waals surface area (Å²) in [6, 6.07) is 7.56. The van der Waals surface area contributed by atoms with Crippen LogP contribution in [0.4, 0.5) is 0 Å². The van der Waals surface area contributed by atoms with Crippen molar-refractivity contribution in [1.29, 1.82) is 0 Å². The monoisotopic (exact) mass is 400 g/mol. The molecule has 0 atom stereocenters. The second kappa shape index (κ2) is 9.73. The van der Waals surface area contributed by atoms with Gasteiger partial charge in [0.15, 0.2) is 5.78 Å². The molecule has 0 fully saturated rings. The number of Topliss-reactive ketones (excluding diaryl/α,β-unsaturated/α-hetero) is 2. The van der Waals surface area contributed by atoms with Crippen LogP contribution in [0.1, 0.15) is 58.5 Å². The lowest BCUT2D eigenvalue weighted by Gasteiger charge is -2.16. The molecule has 2 aromatic carbocycles. The fourth-order valence-electron chi connectivity index (χ4n) is 2.95. The molecule has 0 spiro atoms. The second-order valence-electron chi connectivity index (χ2n) is 6.67. The van der Waals surface area contributed by atoms with Crippen LogP contribution in [-0.2, 0) is 17.8 Å². The topological polar surface area (TPSA) is 110 Å². The minimum Gasteiger partial charge on any atom is -0.507 e. The molecule has 0 aliphatic heterocycles. The van der Waals surface area contributed by atoms with Crippen molar-refractivity contribution in [3.05, 3.63) is 52.6 Å². The average Bonchev–Trinajstić information content (AvgIpc) is 2.67. The molecule has 0 heterocycles. The molecule has 2 aromatic rings. The van der Waals surface area contributed by atoms with Crippen LogP contribution in [0.15, 0.2) is 30.3 Å². The Bertz CT molecular complexity index is 931. The van der Waals surface area contributed by atoms with Gasteiger partial charge in [0.25, 0.3) is 0 Å². The lowest BCUT2D eigenvalue weighted by atomic mass is 9.99. The number of aromatic hydroxyl groups is 1. The molecular formula is C22H24O7. The number of carbonyl (C=O) groups is 3. The molecule has 0 aromatic heterocycles. The van der Waals surface area contributed by atoms with Crippen LogP contribution >= 0.6 is 0 Å². The van der Waals surface area contributed by atoms with E-state index in [1.165, 1.54) is 39.2 Å². The summed E-state index contributed by atoms with van der Waals surface area (Å²) in [4.78, 5) is 34.1. The Labute approximate surface area is 168 Å². The zero-order valence-corrected chi connectivity index (χ0v) is 16.7. The molecule has 2 rings (SSSR count). The summed E-state index contributed by atoms with van der Waals surface area (Å²) >= 11 is 0. The molecule has 7 heteroatoms. The number of carboxylic acid groups (broad SMARTS) is 1. The summed E-state index contributed by atoms with van der Waals surface area (Å²) in [6.07, 6.45) is 1.24. The van der Waals surface area contributed by atoms with Crippen molar-refractivity contribution in [2.24, 2.45) is 0 Å². The Morgan fingerprint density at radius 1 is 1.03 bits per heavy atom. The van der Waals surface area contributed by atoms with Gasteiger partial charge in [0, 0.05) is 17.5 Å². The van der Waals surface area contributed by atoms with Gasteiger partial charge in [-0.2, -0.15) is 0 Å². The smallest absolute Gasteiger partial charge is 0.335 e. The Balaban J connectivity index is 2.29. The molecule has 0 saturated heterocycles. The first-order chi connectivity index (χ1) is 13.7. The van der Waals surface area contributed by atoms with Crippen molar-refractivity contribution < 1.29 is 34.1 Å². The standard InChI is InChI=1S/C22H24O7/c1-13(23)5-4-6-18-19(10-9-17(14(2)24)21(18)25)29-12-16-8-7-15(22(26)27)11-20(16)28-3/h7-11,25H,4-6,12H2,1-3H3,(H,26,27). The van der Waals surface area contributed by atoms with E-state index in [1.54, 1.807) is 12.1 Å². The molecule has 154 valence electrons. The molecule has 0 amide bonds. The number of carboxylic acids is 1. The lowest BCUT2D eigenvalue weighted by molar-refractivity contribution is -0.117. The highest BCUT2D eigenvalue weighted by atomic mass is 16.5. The number of methoxy groups -OCH3 is 1. The zero-order valence-electron chi connectivity index (χ0n) is 16.7. The Morgan fingerprint density at radius 3 is 2.34 bits per heavy atom.